The SMILES string of the molecule is CNc1cc(F)cc2c1[nH]c1nc(Oc3cnc([C@@H](C)OP(=O)(O)O)nc3)nc(N3C[C@H]4C[C@@H]3C[C@H]4N)c12. The lowest BCUT2D eigenvalue weighted by atomic mass is 10.0. The molecule has 0 amide bonds. The number of benzene rings is 1. The van der Waals surface area contributed by atoms with Gasteiger partial charge in [-0.15, -0.1) is 0 Å². The third-order valence-electron chi connectivity index (χ3n) is 7.14. The molecule has 1 aromatic carbocycles. The number of hydrogen-bond donors (Lipinski definition) is 5. The maximum Gasteiger partial charge on any atom is 0.470 e. The number of H-pyrrole nitrogens is 1. The van der Waals surface area contributed by atoms with Gasteiger partial charge in [0.25, 0.3) is 0 Å². The van der Waals surface area contributed by atoms with E-state index in [1.807, 2.05) is 0 Å². The quantitative estimate of drug-likeness (QED) is 0.215. The Morgan fingerprint density at radius 2 is 2.03 bits per heavy atom. The van der Waals surface area contributed by atoms with E-state index < -0.39 is 13.9 Å². The second-order valence-corrected chi connectivity index (χ2v) is 10.8. The Morgan fingerprint density at radius 1 is 1.26 bits per heavy atom. The van der Waals surface area contributed by atoms with Gasteiger partial charge in [0, 0.05) is 31.1 Å². The molecule has 1 saturated heterocycles. The lowest BCUT2D eigenvalue weighted by molar-refractivity contribution is 0.140. The van der Waals surface area contributed by atoms with Crippen LogP contribution >= 0.6 is 7.82 Å². The van der Waals surface area contributed by atoms with E-state index in [-0.39, 0.29) is 35.5 Å². The normalized spacial score (nSPS) is 21.9. The molecule has 1 saturated carbocycles. The van der Waals surface area contributed by atoms with Crippen LogP contribution in [0.2, 0.25) is 0 Å². The number of rotatable bonds is 7. The number of hydrogen-bond acceptors (Lipinski definition) is 10. The third kappa shape index (κ3) is 4.44. The van der Waals surface area contributed by atoms with E-state index >= 15 is 0 Å². The van der Waals surface area contributed by atoms with Gasteiger partial charge in [-0.2, -0.15) is 9.97 Å². The summed E-state index contributed by atoms with van der Waals surface area (Å²) in [6.07, 6.45) is 3.45. The van der Waals surface area contributed by atoms with Crippen molar-refractivity contribution in [2.24, 2.45) is 11.7 Å². The highest BCUT2D eigenvalue weighted by Gasteiger charge is 2.44. The fraction of sp³-hybridized carbons (Fsp3) is 0.391. The van der Waals surface area contributed by atoms with Crippen molar-refractivity contribution < 1.29 is 28.0 Å². The molecule has 6 N–H and O–H groups in total. The predicted molar refractivity (Wildman–Crippen MR) is 136 cm³/mol. The summed E-state index contributed by atoms with van der Waals surface area (Å²) in [5, 5.41) is 4.37. The van der Waals surface area contributed by atoms with Crippen molar-refractivity contribution in [2.45, 2.75) is 38.0 Å². The molecule has 2 aliphatic rings. The van der Waals surface area contributed by atoms with Gasteiger partial charge in [-0.1, -0.05) is 0 Å². The summed E-state index contributed by atoms with van der Waals surface area (Å²) in [6, 6.07) is 3.27. The number of piperidine rings is 1. The summed E-state index contributed by atoms with van der Waals surface area (Å²) in [7, 11) is -2.98. The van der Waals surface area contributed by atoms with Crippen LogP contribution in [0.5, 0.6) is 11.8 Å². The number of nitrogens with two attached hydrogens (primary N) is 1. The Bertz CT molecular complexity index is 1580. The number of nitrogens with zero attached hydrogens (tertiary/aromatic N) is 5. The molecule has 1 aliphatic carbocycles. The van der Waals surface area contributed by atoms with Gasteiger partial charge in [-0.3, -0.25) is 4.52 Å². The minimum atomic E-state index is -4.70. The van der Waals surface area contributed by atoms with Crippen LogP contribution in [0, 0.1) is 11.7 Å². The van der Waals surface area contributed by atoms with Crippen molar-refractivity contribution in [1.82, 2.24) is 24.9 Å². The van der Waals surface area contributed by atoms with Crippen LogP contribution in [-0.4, -0.2) is 60.4 Å². The standard InChI is InChI=1S/C23H26FN8O5P/c1-10(37-38(33,34)35)20-27-7-14(8-28-20)36-23-30-21-18(15-4-12(24)5-17(26-2)19(15)29-21)22(31-23)32-9-11-3-13(32)6-16(11)25/h4-5,7-8,10-11,13,16,26H,3,6,9,25H2,1-2H3,(H,29,30,31)(H2,33,34,35)/t10-,11-,13-,16-/m1/s1. The maximum absolute atomic E-state index is 14.5. The number of fused-ring (bicyclic) bond motifs is 5. The monoisotopic (exact) mass is 544 g/mol. The van der Waals surface area contributed by atoms with E-state index in [9.17, 15) is 8.96 Å². The molecule has 2 fully saturated rings. The lowest BCUT2D eigenvalue weighted by Crippen LogP contribution is -2.41. The Hall–Kier alpha value is -3.42. The topological polar surface area (TPSA) is 185 Å². The molecule has 2 bridgehead atoms. The van der Waals surface area contributed by atoms with Gasteiger partial charge in [0.1, 0.15) is 23.4 Å². The highest BCUT2D eigenvalue weighted by Crippen LogP contribution is 2.44. The van der Waals surface area contributed by atoms with Crippen LogP contribution in [0.25, 0.3) is 21.9 Å². The van der Waals surface area contributed by atoms with Crippen molar-refractivity contribution in [1.29, 1.82) is 0 Å². The Kier molecular flexibility index (Phi) is 5.96. The average molecular weight is 544 g/mol. The summed E-state index contributed by atoms with van der Waals surface area (Å²) < 4.78 is 36.1. The number of anilines is 2. The summed E-state index contributed by atoms with van der Waals surface area (Å²) >= 11 is 0. The van der Waals surface area contributed by atoms with E-state index in [0.29, 0.717) is 39.4 Å². The van der Waals surface area contributed by atoms with Crippen molar-refractivity contribution in [3.05, 3.63) is 36.2 Å². The molecule has 0 spiro atoms. The van der Waals surface area contributed by atoms with Crippen molar-refractivity contribution in [3.8, 4) is 11.8 Å². The molecule has 4 atom stereocenters. The molecule has 38 heavy (non-hydrogen) atoms. The Labute approximate surface area is 215 Å². The largest absolute Gasteiger partial charge is 0.470 e. The number of aromatic amines is 1. The fourth-order valence-electron chi connectivity index (χ4n) is 5.48. The summed E-state index contributed by atoms with van der Waals surface area (Å²) in [5.41, 5.74) is 8.06. The molecular formula is C23H26FN8O5P. The molecule has 1 aliphatic heterocycles. The average Bonchev–Trinajstić information content (AvgIpc) is 3.54. The van der Waals surface area contributed by atoms with E-state index in [4.69, 9.17) is 25.2 Å². The summed E-state index contributed by atoms with van der Waals surface area (Å²) in [5.74, 6) is 0.880. The van der Waals surface area contributed by atoms with Gasteiger partial charge in [-0.05, 0) is 37.8 Å². The van der Waals surface area contributed by atoms with Crippen LogP contribution in [-0.2, 0) is 9.09 Å². The zero-order chi connectivity index (χ0) is 26.8. The van der Waals surface area contributed by atoms with Crippen molar-refractivity contribution in [2.75, 3.05) is 23.8 Å². The van der Waals surface area contributed by atoms with Gasteiger partial charge in [0.2, 0.25) is 0 Å². The number of ether oxygens (including phenoxy) is 1. The van der Waals surface area contributed by atoms with Crippen LogP contribution < -0.4 is 20.7 Å². The first-order chi connectivity index (χ1) is 18.1. The van der Waals surface area contributed by atoms with Crippen LogP contribution in [0.1, 0.15) is 31.7 Å². The number of phosphoric acid groups is 1. The van der Waals surface area contributed by atoms with Gasteiger partial charge < -0.3 is 35.5 Å². The molecule has 0 radical (unpaired) electrons. The van der Waals surface area contributed by atoms with E-state index in [1.165, 1.54) is 31.5 Å². The number of aromatic nitrogens is 5. The summed E-state index contributed by atoms with van der Waals surface area (Å²) in [4.78, 5) is 41.0. The van der Waals surface area contributed by atoms with Gasteiger partial charge in [0.15, 0.2) is 11.6 Å². The molecule has 4 heterocycles. The second-order valence-electron chi connectivity index (χ2n) is 9.62. The zero-order valence-electron chi connectivity index (χ0n) is 20.5. The van der Waals surface area contributed by atoms with Gasteiger partial charge in [0.05, 0.1) is 29.0 Å². The van der Waals surface area contributed by atoms with Crippen LogP contribution in [0.3, 0.4) is 0 Å². The molecule has 13 nitrogen and oxygen atoms in total. The zero-order valence-corrected chi connectivity index (χ0v) is 21.4. The summed E-state index contributed by atoms with van der Waals surface area (Å²) in [6.45, 7) is 2.15. The first-order valence-corrected chi connectivity index (χ1v) is 13.6. The number of phosphoric ester groups is 1. The molecule has 0 unspecified atom stereocenters. The lowest BCUT2D eigenvalue weighted by Gasteiger charge is -2.31. The van der Waals surface area contributed by atoms with Gasteiger partial charge in [-0.25, -0.2) is 18.9 Å². The van der Waals surface area contributed by atoms with Crippen molar-refractivity contribution >= 4 is 41.3 Å². The van der Waals surface area contributed by atoms with E-state index in [1.54, 1.807) is 7.05 Å². The molecule has 15 heteroatoms. The fourth-order valence-corrected chi connectivity index (χ4v) is 5.98. The van der Waals surface area contributed by atoms with Gasteiger partial charge >= 0.3 is 13.8 Å². The third-order valence-corrected chi connectivity index (χ3v) is 7.73. The van der Waals surface area contributed by atoms with E-state index in [2.05, 4.69) is 34.7 Å². The minimum Gasteiger partial charge on any atom is -0.421 e. The second kappa shape index (κ2) is 9.10. The van der Waals surface area contributed by atoms with Crippen LogP contribution in [0.15, 0.2) is 24.5 Å². The number of nitrogens with one attached hydrogen (secondary N) is 2. The highest BCUT2D eigenvalue weighted by molar-refractivity contribution is 7.46. The molecule has 3 aromatic heterocycles. The maximum atomic E-state index is 14.5. The van der Waals surface area contributed by atoms with Crippen LogP contribution in [0.4, 0.5) is 15.9 Å². The molecule has 200 valence electrons. The Morgan fingerprint density at radius 3 is 2.66 bits per heavy atom. The predicted octanol–water partition coefficient (Wildman–Crippen LogP) is 2.97. The smallest absolute Gasteiger partial charge is 0.421 e. The first kappa shape index (κ1) is 24.9. The minimum absolute atomic E-state index is 0.0356. The highest BCUT2D eigenvalue weighted by atomic mass is 31.2. The molecule has 4 aromatic rings. The molecular weight excluding hydrogens is 518 g/mol. The van der Waals surface area contributed by atoms with Crippen molar-refractivity contribution in [3.63, 3.8) is 0 Å². The molecule has 6 rings (SSSR count). The number of halogens is 1. The Balaban J connectivity index is 1.40. The first-order valence-electron chi connectivity index (χ1n) is 12.1. The van der Waals surface area contributed by atoms with E-state index in [0.717, 1.165) is 19.4 Å².